The molecule has 1 aromatic heterocycles. The highest BCUT2D eigenvalue weighted by Gasteiger charge is 2.09. The van der Waals surface area contributed by atoms with Crippen LogP contribution < -0.4 is 4.74 Å². The van der Waals surface area contributed by atoms with E-state index in [-0.39, 0.29) is 11.3 Å². The van der Waals surface area contributed by atoms with Crippen LogP contribution in [0.1, 0.15) is 10.4 Å². The van der Waals surface area contributed by atoms with E-state index in [1.165, 1.54) is 7.11 Å². The molecular weight excluding hydrogens is 165 g/mol. The van der Waals surface area contributed by atoms with Crippen LogP contribution in [0.15, 0.2) is 12.3 Å². The smallest absolute Gasteiger partial charge is 0.337 e. The molecule has 1 heterocycles. The number of aromatic nitrogens is 1. The Kier molecular flexibility index (Phi) is 2.23. The van der Waals surface area contributed by atoms with E-state index in [0.717, 1.165) is 12.3 Å². The highest BCUT2D eigenvalue weighted by molar-refractivity contribution is 5.87. The summed E-state index contributed by atoms with van der Waals surface area (Å²) in [6.07, 6.45) is 0.931. The summed E-state index contributed by atoms with van der Waals surface area (Å²) in [6.45, 7) is 0. The molecule has 0 radical (unpaired) electrons. The summed E-state index contributed by atoms with van der Waals surface area (Å²) in [6, 6.07) is 1.07. The lowest BCUT2D eigenvalue weighted by atomic mass is 10.3. The van der Waals surface area contributed by atoms with Crippen molar-refractivity contribution >= 4 is 5.97 Å². The highest BCUT2D eigenvalue weighted by Crippen LogP contribution is 2.15. The Morgan fingerprint density at radius 1 is 1.75 bits per heavy atom. The van der Waals surface area contributed by atoms with Gasteiger partial charge in [-0.15, -0.1) is 0 Å². The Hall–Kier alpha value is -1.65. The van der Waals surface area contributed by atoms with Crippen LogP contribution >= 0.6 is 0 Å². The Labute approximate surface area is 67.6 Å². The molecule has 0 bridgehead atoms. The number of halogens is 1. The second kappa shape index (κ2) is 3.17. The summed E-state index contributed by atoms with van der Waals surface area (Å²) in [5.41, 5.74) is -0.103. The molecule has 1 N–H and O–H groups in total. The Bertz CT molecular complexity index is 314. The number of carbonyl (C=O) groups is 1. The van der Waals surface area contributed by atoms with Crippen molar-refractivity contribution < 1.29 is 19.0 Å². The minimum Gasteiger partial charge on any atom is -0.492 e. The van der Waals surface area contributed by atoms with Gasteiger partial charge in [0.25, 0.3) is 5.95 Å². The zero-order valence-corrected chi connectivity index (χ0v) is 6.24. The third-order valence-corrected chi connectivity index (χ3v) is 1.27. The van der Waals surface area contributed by atoms with E-state index in [2.05, 4.69) is 9.72 Å². The van der Waals surface area contributed by atoms with Gasteiger partial charge in [-0.1, -0.05) is 0 Å². The number of hydrogen-bond acceptors (Lipinski definition) is 3. The standard InChI is InChI=1S/C7H6FNO3/c1-12-5-2-4(7(10)11)3-9-6(5)8/h2-3H,1H3,(H,10,11). The first-order valence-electron chi connectivity index (χ1n) is 3.08. The van der Waals surface area contributed by atoms with Crippen molar-refractivity contribution in [3.63, 3.8) is 0 Å². The zero-order chi connectivity index (χ0) is 9.14. The van der Waals surface area contributed by atoms with E-state index in [1.807, 2.05) is 0 Å². The van der Waals surface area contributed by atoms with Gasteiger partial charge in [-0.05, 0) is 0 Å². The summed E-state index contributed by atoms with van der Waals surface area (Å²) < 4.78 is 17.1. The van der Waals surface area contributed by atoms with E-state index in [0.29, 0.717) is 0 Å². The molecule has 0 atom stereocenters. The topological polar surface area (TPSA) is 59.4 Å². The highest BCUT2D eigenvalue weighted by atomic mass is 19.1. The molecule has 0 amide bonds. The van der Waals surface area contributed by atoms with Crippen LogP contribution in [-0.4, -0.2) is 23.2 Å². The predicted octanol–water partition coefficient (Wildman–Crippen LogP) is 0.927. The molecule has 0 spiro atoms. The minimum absolute atomic E-state index is 0.103. The van der Waals surface area contributed by atoms with Crippen LogP contribution in [0, 0.1) is 5.95 Å². The van der Waals surface area contributed by atoms with Gasteiger partial charge in [0, 0.05) is 12.3 Å². The molecule has 0 aliphatic heterocycles. The number of methoxy groups -OCH3 is 1. The molecule has 0 saturated heterocycles. The molecule has 64 valence electrons. The summed E-state index contributed by atoms with van der Waals surface area (Å²) in [7, 11) is 1.24. The van der Waals surface area contributed by atoms with E-state index in [9.17, 15) is 9.18 Å². The summed E-state index contributed by atoms with van der Waals surface area (Å²) in [5.74, 6) is -2.15. The molecule has 4 nitrogen and oxygen atoms in total. The lowest BCUT2D eigenvalue weighted by molar-refractivity contribution is 0.0696. The van der Waals surface area contributed by atoms with Crippen molar-refractivity contribution in [2.75, 3.05) is 7.11 Å². The number of pyridine rings is 1. The third kappa shape index (κ3) is 1.50. The maximum absolute atomic E-state index is 12.6. The fourth-order valence-electron chi connectivity index (χ4n) is 0.688. The third-order valence-electron chi connectivity index (χ3n) is 1.27. The van der Waals surface area contributed by atoms with Crippen LogP contribution in [0.3, 0.4) is 0 Å². The van der Waals surface area contributed by atoms with Crippen molar-refractivity contribution in [2.45, 2.75) is 0 Å². The molecule has 5 heteroatoms. The molecule has 0 aliphatic carbocycles. The number of hydrogen-bond donors (Lipinski definition) is 1. The average molecular weight is 171 g/mol. The van der Waals surface area contributed by atoms with Gasteiger partial charge < -0.3 is 9.84 Å². The van der Waals surface area contributed by atoms with E-state index < -0.39 is 11.9 Å². The lowest BCUT2D eigenvalue weighted by Crippen LogP contribution is -2.00. The van der Waals surface area contributed by atoms with Gasteiger partial charge in [-0.25, -0.2) is 9.78 Å². The van der Waals surface area contributed by atoms with Crippen molar-refractivity contribution in [1.82, 2.24) is 4.98 Å². The van der Waals surface area contributed by atoms with Gasteiger partial charge in [0.2, 0.25) is 0 Å². The second-order valence-electron chi connectivity index (χ2n) is 2.02. The van der Waals surface area contributed by atoms with Crippen LogP contribution in [0.5, 0.6) is 5.75 Å². The van der Waals surface area contributed by atoms with Crippen molar-refractivity contribution in [1.29, 1.82) is 0 Å². The van der Waals surface area contributed by atoms with Gasteiger partial charge in [-0.3, -0.25) is 0 Å². The second-order valence-corrected chi connectivity index (χ2v) is 2.02. The van der Waals surface area contributed by atoms with Gasteiger partial charge >= 0.3 is 5.97 Å². The number of aromatic carboxylic acids is 1. The average Bonchev–Trinajstić information content (AvgIpc) is 2.05. The maximum Gasteiger partial charge on any atom is 0.337 e. The summed E-state index contributed by atoms with van der Waals surface area (Å²) >= 11 is 0. The van der Waals surface area contributed by atoms with E-state index in [4.69, 9.17) is 5.11 Å². The number of ether oxygens (including phenoxy) is 1. The number of carboxylic acids is 1. The number of rotatable bonds is 2. The molecule has 1 aromatic rings. The largest absolute Gasteiger partial charge is 0.492 e. The monoisotopic (exact) mass is 171 g/mol. The molecule has 12 heavy (non-hydrogen) atoms. The van der Waals surface area contributed by atoms with Crippen LogP contribution in [0.2, 0.25) is 0 Å². The van der Waals surface area contributed by atoms with Crippen LogP contribution in [0.4, 0.5) is 4.39 Å². The zero-order valence-electron chi connectivity index (χ0n) is 6.24. The maximum atomic E-state index is 12.6. The van der Waals surface area contributed by atoms with Crippen molar-refractivity contribution in [3.8, 4) is 5.75 Å². The number of carboxylic acid groups (broad SMARTS) is 1. The molecule has 0 fully saturated rings. The molecule has 1 rings (SSSR count). The first kappa shape index (κ1) is 8.45. The SMILES string of the molecule is COc1cc(C(=O)O)cnc1F. The summed E-state index contributed by atoms with van der Waals surface area (Å²) in [5, 5.41) is 8.48. The van der Waals surface area contributed by atoms with Gasteiger partial charge in [0.15, 0.2) is 5.75 Å². The Morgan fingerprint density at radius 2 is 2.42 bits per heavy atom. The van der Waals surface area contributed by atoms with Crippen molar-refractivity contribution in [2.24, 2.45) is 0 Å². The van der Waals surface area contributed by atoms with Crippen molar-refractivity contribution in [3.05, 3.63) is 23.8 Å². The molecule has 0 aliphatic rings. The number of nitrogens with zero attached hydrogens (tertiary/aromatic N) is 1. The first-order valence-corrected chi connectivity index (χ1v) is 3.08. The van der Waals surface area contributed by atoms with E-state index >= 15 is 0 Å². The fourth-order valence-corrected chi connectivity index (χ4v) is 0.688. The minimum atomic E-state index is -1.17. The quantitative estimate of drug-likeness (QED) is 0.672. The Morgan fingerprint density at radius 3 is 2.92 bits per heavy atom. The van der Waals surface area contributed by atoms with Gasteiger partial charge in [0.1, 0.15) is 0 Å². The molecular formula is C7H6FNO3. The van der Waals surface area contributed by atoms with Crippen LogP contribution in [0.25, 0.3) is 0 Å². The molecule has 0 saturated carbocycles. The molecule has 0 aromatic carbocycles. The van der Waals surface area contributed by atoms with Gasteiger partial charge in [-0.2, -0.15) is 4.39 Å². The molecule has 0 unspecified atom stereocenters. The fraction of sp³-hybridized carbons (Fsp3) is 0.143. The van der Waals surface area contributed by atoms with Gasteiger partial charge in [0.05, 0.1) is 12.7 Å². The van der Waals surface area contributed by atoms with Crippen LogP contribution in [-0.2, 0) is 0 Å². The Balaban J connectivity index is 3.13. The lowest BCUT2D eigenvalue weighted by Gasteiger charge is -2.00. The first-order chi connectivity index (χ1) is 5.65. The normalized spacial score (nSPS) is 9.50. The predicted molar refractivity (Wildman–Crippen MR) is 37.7 cm³/mol. The summed E-state index contributed by atoms with van der Waals surface area (Å²) in [4.78, 5) is 13.6. The van der Waals surface area contributed by atoms with E-state index in [1.54, 1.807) is 0 Å².